The van der Waals surface area contributed by atoms with E-state index in [1.807, 2.05) is 26.0 Å². The number of rotatable bonds is 8. The van der Waals surface area contributed by atoms with Gasteiger partial charge in [-0.25, -0.2) is 0 Å². The number of benzene rings is 1. The molecular weight excluding hydrogens is 248 g/mol. The Morgan fingerprint density at radius 3 is 2.40 bits per heavy atom. The summed E-state index contributed by atoms with van der Waals surface area (Å²) >= 11 is 0. The summed E-state index contributed by atoms with van der Waals surface area (Å²) in [5.74, 6) is 0.104. The molecule has 1 rings (SSSR count). The summed E-state index contributed by atoms with van der Waals surface area (Å²) < 4.78 is 0. The third kappa shape index (κ3) is 5.64. The highest BCUT2D eigenvalue weighted by Gasteiger charge is 2.06. The zero-order valence-corrected chi connectivity index (χ0v) is 13.1. The van der Waals surface area contributed by atoms with E-state index < -0.39 is 0 Å². The number of nitrogens with one attached hydrogen (secondary N) is 1. The van der Waals surface area contributed by atoms with Gasteiger partial charge in [-0.2, -0.15) is 0 Å². The molecule has 0 heterocycles. The number of carbonyl (C=O) groups is 1. The minimum absolute atomic E-state index is 0.104. The van der Waals surface area contributed by atoms with E-state index in [2.05, 4.69) is 12.2 Å². The van der Waals surface area contributed by atoms with Gasteiger partial charge >= 0.3 is 0 Å². The number of amides is 1. The molecule has 3 nitrogen and oxygen atoms in total. The highest BCUT2D eigenvalue weighted by Crippen LogP contribution is 2.22. The van der Waals surface area contributed by atoms with E-state index in [4.69, 9.17) is 5.73 Å². The highest BCUT2D eigenvalue weighted by molar-refractivity contribution is 5.91. The number of nitrogen functional groups attached to an aromatic ring is 1. The van der Waals surface area contributed by atoms with Gasteiger partial charge in [-0.05, 0) is 43.5 Å². The first-order valence-electron chi connectivity index (χ1n) is 7.71. The van der Waals surface area contributed by atoms with Gasteiger partial charge in [0, 0.05) is 17.8 Å². The van der Waals surface area contributed by atoms with E-state index in [9.17, 15) is 4.79 Å². The summed E-state index contributed by atoms with van der Waals surface area (Å²) in [5.41, 5.74) is 9.53. The molecule has 0 unspecified atom stereocenters. The van der Waals surface area contributed by atoms with Crippen LogP contribution in [0.2, 0.25) is 0 Å². The van der Waals surface area contributed by atoms with Gasteiger partial charge < -0.3 is 11.1 Å². The number of unbranched alkanes of at least 4 members (excludes halogenated alkanes) is 5. The van der Waals surface area contributed by atoms with E-state index in [1.54, 1.807) is 0 Å². The van der Waals surface area contributed by atoms with Crippen LogP contribution in [0, 0.1) is 13.8 Å². The predicted octanol–water partition coefficient (Wildman–Crippen LogP) is 4.57. The van der Waals surface area contributed by atoms with Crippen LogP contribution in [-0.4, -0.2) is 5.91 Å². The minimum atomic E-state index is 0.104. The molecule has 0 radical (unpaired) electrons. The van der Waals surface area contributed by atoms with E-state index in [0.29, 0.717) is 6.42 Å². The molecule has 0 atom stereocenters. The summed E-state index contributed by atoms with van der Waals surface area (Å²) in [4.78, 5) is 11.9. The SMILES string of the molecule is CCCCCCCCC(=O)Nc1cc(C)c(N)cc1C. The van der Waals surface area contributed by atoms with Crippen LogP contribution >= 0.6 is 0 Å². The summed E-state index contributed by atoms with van der Waals surface area (Å²) in [5, 5.41) is 2.99. The molecular formula is C17H28N2O. The molecule has 3 heteroatoms. The summed E-state index contributed by atoms with van der Waals surface area (Å²) in [6.07, 6.45) is 7.81. The second-order valence-electron chi connectivity index (χ2n) is 5.59. The smallest absolute Gasteiger partial charge is 0.224 e. The molecule has 112 valence electrons. The molecule has 1 aromatic carbocycles. The van der Waals surface area contributed by atoms with Crippen LogP contribution in [0.4, 0.5) is 11.4 Å². The average molecular weight is 276 g/mol. The van der Waals surface area contributed by atoms with Crippen molar-refractivity contribution < 1.29 is 4.79 Å². The fraction of sp³-hybridized carbons (Fsp3) is 0.588. The molecule has 0 aliphatic rings. The Hall–Kier alpha value is -1.51. The van der Waals surface area contributed by atoms with Gasteiger partial charge in [0.25, 0.3) is 0 Å². The fourth-order valence-electron chi connectivity index (χ4n) is 2.25. The Morgan fingerprint density at radius 2 is 1.70 bits per heavy atom. The molecule has 0 aliphatic heterocycles. The Balaban J connectivity index is 2.34. The largest absolute Gasteiger partial charge is 0.399 e. The number of nitrogens with two attached hydrogens (primary N) is 1. The van der Waals surface area contributed by atoms with E-state index in [-0.39, 0.29) is 5.91 Å². The number of hydrogen-bond donors (Lipinski definition) is 2. The molecule has 20 heavy (non-hydrogen) atoms. The van der Waals surface area contributed by atoms with Gasteiger partial charge in [-0.3, -0.25) is 4.79 Å². The normalized spacial score (nSPS) is 10.6. The molecule has 0 saturated heterocycles. The monoisotopic (exact) mass is 276 g/mol. The van der Waals surface area contributed by atoms with E-state index in [1.165, 1.54) is 25.7 Å². The molecule has 1 aromatic rings. The maximum Gasteiger partial charge on any atom is 0.224 e. The van der Waals surface area contributed by atoms with Crippen LogP contribution in [0.3, 0.4) is 0 Å². The molecule has 0 bridgehead atoms. The number of aryl methyl sites for hydroxylation is 2. The van der Waals surface area contributed by atoms with Crippen LogP contribution in [0.5, 0.6) is 0 Å². The van der Waals surface area contributed by atoms with Crippen molar-refractivity contribution in [2.24, 2.45) is 0 Å². The van der Waals surface area contributed by atoms with E-state index in [0.717, 1.165) is 35.3 Å². The molecule has 3 N–H and O–H groups in total. The maximum absolute atomic E-state index is 11.9. The lowest BCUT2D eigenvalue weighted by Gasteiger charge is -2.11. The Kier molecular flexibility index (Phi) is 7.13. The number of hydrogen-bond acceptors (Lipinski definition) is 2. The summed E-state index contributed by atoms with van der Waals surface area (Å²) in [6.45, 7) is 6.14. The van der Waals surface area contributed by atoms with Crippen LogP contribution in [-0.2, 0) is 4.79 Å². The summed E-state index contributed by atoms with van der Waals surface area (Å²) in [6, 6.07) is 3.86. The zero-order chi connectivity index (χ0) is 15.0. The van der Waals surface area contributed by atoms with Crippen LogP contribution in [0.1, 0.15) is 63.0 Å². The molecule has 1 amide bonds. The van der Waals surface area contributed by atoms with Crippen molar-refractivity contribution in [2.75, 3.05) is 11.1 Å². The van der Waals surface area contributed by atoms with Crippen molar-refractivity contribution in [3.05, 3.63) is 23.3 Å². The Morgan fingerprint density at radius 1 is 1.05 bits per heavy atom. The zero-order valence-electron chi connectivity index (χ0n) is 13.1. The Labute approximate surface area is 122 Å². The first-order valence-corrected chi connectivity index (χ1v) is 7.71. The van der Waals surface area contributed by atoms with E-state index >= 15 is 0 Å². The van der Waals surface area contributed by atoms with Crippen molar-refractivity contribution in [1.82, 2.24) is 0 Å². The predicted molar refractivity (Wildman–Crippen MR) is 87.0 cm³/mol. The molecule has 0 aromatic heterocycles. The quantitative estimate of drug-likeness (QED) is 0.539. The summed E-state index contributed by atoms with van der Waals surface area (Å²) in [7, 11) is 0. The van der Waals surface area contributed by atoms with Gasteiger partial charge in [0.1, 0.15) is 0 Å². The van der Waals surface area contributed by atoms with Crippen molar-refractivity contribution in [2.45, 2.75) is 65.7 Å². The number of anilines is 2. The molecule has 0 aliphatic carbocycles. The molecule has 0 spiro atoms. The lowest BCUT2D eigenvalue weighted by Crippen LogP contribution is -2.12. The first-order chi connectivity index (χ1) is 9.54. The lowest BCUT2D eigenvalue weighted by atomic mass is 10.1. The van der Waals surface area contributed by atoms with Crippen LogP contribution in [0.15, 0.2) is 12.1 Å². The van der Waals surface area contributed by atoms with Crippen LogP contribution < -0.4 is 11.1 Å². The van der Waals surface area contributed by atoms with Crippen LogP contribution in [0.25, 0.3) is 0 Å². The minimum Gasteiger partial charge on any atom is -0.399 e. The van der Waals surface area contributed by atoms with Gasteiger partial charge in [0.05, 0.1) is 0 Å². The number of carbonyl (C=O) groups excluding carboxylic acids is 1. The second-order valence-corrected chi connectivity index (χ2v) is 5.59. The highest BCUT2D eigenvalue weighted by atomic mass is 16.1. The third-order valence-corrected chi connectivity index (χ3v) is 3.64. The second kappa shape index (κ2) is 8.62. The Bertz CT molecular complexity index is 441. The van der Waals surface area contributed by atoms with Crippen molar-refractivity contribution >= 4 is 17.3 Å². The topological polar surface area (TPSA) is 55.1 Å². The van der Waals surface area contributed by atoms with Crippen molar-refractivity contribution in [3.63, 3.8) is 0 Å². The van der Waals surface area contributed by atoms with Gasteiger partial charge in [0.2, 0.25) is 5.91 Å². The van der Waals surface area contributed by atoms with Gasteiger partial charge in [0.15, 0.2) is 0 Å². The average Bonchev–Trinajstić information content (AvgIpc) is 2.40. The van der Waals surface area contributed by atoms with Crippen molar-refractivity contribution in [3.8, 4) is 0 Å². The third-order valence-electron chi connectivity index (χ3n) is 3.64. The van der Waals surface area contributed by atoms with Gasteiger partial charge in [-0.15, -0.1) is 0 Å². The first kappa shape index (κ1) is 16.5. The lowest BCUT2D eigenvalue weighted by molar-refractivity contribution is -0.116. The fourth-order valence-corrected chi connectivity index (χ4v) is 2.25. The molecule has 0 saturated carbocycles. The maximum atomic E-state index is 11.9. The molecule has 0 fully saturated rings. The standard InChI is InChI=1S/C17H28N2O/c1-4-5-6-7-8-9-10-17(20)19-16-12-13(2)15(18)11-14(16)3/h11-12H,4-10,18H2,1-3H3,(H,19,20). The van der Waals surface area contributed by atoms with Gasteiger partial charge in [-0.1, -0.05) is 39.0 Å². The van der Waals surface area contributed by atoms with Crippen molar-refractivity contribution in [1.29, 1.82) is 0 Å².